The zero-order chi connectivity index (χ0) is 14.7. The molecule has 0 bridgehead atoms. The van der Waals surface area contributed by atoms with E-state index in [0.29, 0.717) is 0 Å². The molecule has 2 unspecified atom stereocenters. The number of nitrogens with one attached hydrogen (secondary N) is 2. The number of carbonyl (C=O) groups excluding carboxylic acids is 1. The summed E-state index contributed by atoms with van der Waals surface area (Å²) < 4.78 is 0. The van der Waals surface area contributed by atoms with Crippen molar-refractivity contribution in [3.8, 4) is 0 Å². The molecule has 3 heterocycles. The molecule has 3 rings (SSSR count). The Labute approximate surface area is 122 Å². The number of hydrogen-bond acceptors (Lipinski definition) is 5. The van der Waals surface area contributed by atoms with Gasteiger partial charge in [-0.3, -0.25) is 9.78 Å². The standard InChI is InChI=1S/C15H15N5O/c1-10-8-18-20-15(21)14(10)11-2-3-13(17-9-11)19-12-4-6-16-7-5-12/h2-10,14H,1H3,(H,20,21)(H,16,17,19). The molecule has 106 valence electrons. The van der Waals surface area contributed by atoms with Crippen LogP contribution in [-0.2, 0) is 4.79 Å². The highest BCUT2D eigenvalue weighted by Gasteiger charge is 2.28. The lowest BCUT2D eigenvalue weighted by atomic mass is 9.87. The number of rotatable bonds is 3. The summed E-state index contributed by atoms with van der Waals surface area (Å²) in [6.07, 6.45) is 6.90. The van der Waals surface area contributed by atoms with Gasteiger partial charge in [0, 0.05) is 36.4 Å². The predicted octanol–water partition coefficient (Wildman–Crippen LogP) is 2.06. The van der Waals surface area contributed by atoms with E-state index in [0.717, 1.165) is 17.1 Å². The zero-order valence-corrected chi connectivity index (χ0v) is 11.5. The highest BCUT2D eigenvalue weighted by molar-refractivity contribution is 5.90. The van der Waals surface area contributed by atoms with E-state index in [2.05, 4.69) is 25.8 Å². The van der Waals surface area contributed by atoms with Crippen molar-refractivity contribution in [2.75, 3.05) is 5.32 Å². The topological polar surface area (TPSA) is 79.3 Å². The van der Waals surface area contributed by atoms with Gasteiger partial charge in [0.15, 0.2) is 0 Å². The largest absolute Gasteiger partial charge is 0.340 e. The Balaban J connectivity index is 1.78. The third kappa shape index (κ3) is 2.89. The van der Waals surface area contributed by atoms with Crippen molar-refractivity contribution in [3.05, 3.63) is 48.4 Å². The number of nitrogens with zero attached hydrogens (tertiary/aromatic N) is 3. The molecule has 1 amide bonds. The molecule has 6 nitrogen and oxygen atoms in total. The second-order valence-corrected chi connectivity index (χ2v) is 4.93. The fraction of sp³-hybridized carbons (Fsp3) is 0.200. The SMILES string of the molecule is CC1C=NNC(=O)C1c1ccc(Nc2ccncc2)nc1. The van der Waals surface area contributed by atoms with Crippen molar-refractivity contribution in [2.24, 2.45) is 11.0 Å². The fourth-order valence-corrected chi connectivity index (χ4v) is 2.31. The molecule has 0 saturated carbocycles. The average Bonchev–Trinajstić information content (AvgIpc) is 2.50. The van der Waals surface area contributed by atoms with E-state index in [4.69, 9.17) is 0 Å². The lowest BCUT2D eigenvalue weighted by Crippen LogP contribution is -2.34. The van der Waals surface area contributed by atoms with Crippen LogP contribution in [0.2, 0.25) is 0 Å². The van der Waals surface area contributed by atoms with Crippen molar-refractivity contribution >= 4 is 23.6 Å². The quantitative estimate of drug-likeness (QED) is 0.902. The third-order valence-corrected chi connectivity index (χ3v) is 3.39. The minimum atomic E-state index is -0.245. The first-order valence-corrected chi connectivity index (χ1v) is 6.70. The van der Waals surface area contributed by atoms with Gasteiger partial charge in [0.2, 0.25) is 5.91 Å². The smallest absolute Gasteiger partial charge is 0.248 e. The number of anilines is 2. The predicted molar refractivity (Wildman–Crippen MR) is 80.3 cm³/mol. The van der Waals surface area contributed by atoms with Crippen LogP contribution in [0.3, 0.4) is 0 Å². The van der Waals surface area contributed by atoms with E-state index < -0.39 is 0 Å². The molecule has 0 spiro atoms. The first-order valence-electron chi connectivity index (χ1n) is 6.70. The van der Waals surface area contributed by atoms with Crippen LogP contribution >= 0.6 is 0 Å². The van der Waals surface area contributed by atoms with Crippen LogP contribution in [0.5, 0.6) is 0 Å². The number of amides is 1. The lowest BCUT2D eigenvalue weighted by molar-refractivity contribution is -0.123. The summed E-state index contributed by atoms with van der Waals surface area (Å²) in [4.78, 5) is 20.2. The summed E-state index contributed by atoms with van der Waals surface area (Å²) in [5, 5.41) is 7.00. The molecule has 6 heteroatoms. The maximum absolute atomic E-state index is 11.9. The van der Waals surface area contributed by atoms with Crippen molar-refractivity contribution in [1.82, 2.24) is 15.4 Å². The van der Waals surface area contributed by atoms with Crippen LogP contribution in [0, 0.1) is 5.92 Å². The zero-order valence-electron chi connectivity index (χ0n) is 11.5. The Bertz CT molecular complexity index is 654. The number of hydrogen-bond donors (Lipinski definition) is 2. The molecule has 0 fully saturated rings. The van der Waals surface area contributed by atoms with E-state index in [1.54, 1.807) is 24.8 Å². The molecule has 0 aromatic carbocycles. The molecule has 0 aliphatic carbocycles. The molecular weight excluding hydrogens is 266 g/mol. The van der Waals surface area contributed by atoms with Crippen molar-refractivity contribution < 1.29 is 4.79 Å². The van der Waals surface area contributed by atoms with Crippen molar-refractivity contribution in [3.63, 3.8) is 0 Å². The molecule has 21 heavy (non-hydrogen) atoms. The Morgan fingerprint density at radius 1 is 1.19 bits per heavy atom. The summed E-state index contributed by atoms with van der Waals surface area (Å²) in [7, 11) is 0. The van der Waals surface area contributed by atoms with E-state index >= 15 is 0 Å². The van der Waals surface area contributed by atoms with Gasteiger partial charge in [-0.25, -0.2) is 10.4 Å². The second kappa shape index (κ2) is 5.70. The molecule has 1 aliphatic rings. The molecule has 0 saturated heterocycles. The van der Waals surface area contributed by atoms with E-state index in [9.17, 15) is 4.79 Å². The van der Waals surface area contributed by atoms with Gasteiger partial charge in [-0.1, -0.05) is 13.0 Å². The average molecular weight is 281 g/mol. The van der Waals surface area contributed by atoms with Crippen LogP contribution in [0.4, 0.5) is 11.5 Å². The Hall–Kier alpha value is -2.76. The normalized spacial score (nSPS) is 20.9. The first kappa shape index (κ1) is 13.2. The molecule has 2 aromatic rings. The van der Waals surface area contributed by atoms with Crippen LogP contribution in [-0.4, -0.2) is 22.1 Å². The molecule has 0 radical (unpaired) electrons. The maximum Gasteiger partial charge on any atom is 0.248 e. The van der Waals surface area contributed by atoms with Gasteiger partial charge in [-0.05, 0) is 23.8 Å². The fourth-order valence-electron chi connectivity index (χ4n) is 2.31. The van der Waals surface area contributed by atoms with Crippen LogP contribution < -0.4 is 10.7 Å². The maximum atomic E-state index is 11.9. The molecule has 2 atom stereocenters. The highest BCUT2D eigenvalue weighted by atomic mass is 16.2. The Kier molecular flexibility index (Phi) is 3.59. The Morgan fingerprint density at radius 2 is 2.00 bits per heavy atom. The summed E-state index contributed by atoms with van der Waals surface area (Å²) in [5.74, 6) is 0.439. The summed E-state index contributed by atoms with van der Waals surface area (Å²) >= 11 is 0. The van der Waals surface area contributed by atoms with Crippen LogP contribution in [0.25, 0.3) is 0 Å². The number of carbonyl (C=O) groups is 1. The molecular formula is C15H15N5O. The van der Waals surface area contributed by atoms with Gasteiger partial charge < -0.3 is 5.32 Å². The van der Waals surface area contributed by atoms with Gasteiger partial charge in [-0.2, -0.15) is 5.10 Å². The minimum absolute atomic E-state index is 0.0551. The number of pyridine rings is 2. The molecule has 1 aliphatic heterocycles. The lowest BCUT2D eigenvalue weighted by Gasteiger charge is -2.23. The molecule has 2 N–H and O–H groups in total. The van der Waals surface area contributed by atoms with E-state index in [1.807, 2.05) is 31.2 Å². The van der Waals surface area contributed by atoms with Crippen LogP contribution in [0.15, 0.2) is 48.0 Å². The van der Waals surface area contributed by atoms with Gasteiger partial charge in [0.25, 0.3) is 0 Å². The van der Waals surface area contributed by atoms with E-state index in [1.165, 1.54) is 0 Å². The van der Waals surface area contributed by atoms with Gasteiger partial charge in [0.05, 0.1) is 5.92 Å². The van der Waals surface area contributed by atoms with Gasteiger partial charge in [0.1, 0.15) is 5.82 Å². The van der Waals surface area contributed by atoms with Crippen molar-refractivity contribution in [1.29, 1.82) is 0 Å². The van der Waals surface area contributed by atoms with E-state index in [-0.39, 0.29) is 17.7 Å². The third-order valence-electron chi connectivity index (χ3n) is 3.39. The minimum Gasteiger partial charge on any atom is -0.340 e. The first-order chi connectivity index (χ1) is 10.2. The monoisotopic (exact) mass is 281 g/mol. The van der Waals surface area contributed by atoms with Crippen molar-refractivity contribution in [2.45, 2.75) is 12.8 Å². The number of aromatic nitrogens is 2. The van der Waals surface area contributed by atoms with Gasteiger partial charge in [-0.15, -0.1) is 0 Å². The number of hydrazone groups is 1. The van der Waals surface area contributed by atoms with Gasteiger partial charge >= 0.3 is 0 Å². The molecule has 2 aromatic heterocycles. The Morgan fingerprint density at radius 3 is 2.67 bits per heavy atom. The summed E-state index contributed by atoms with van der Waals surface area (Å²) in [6, 6.07) is 7.50. The highest BCUT2D eigenvalue weighted by Crippen LogP contribution is 2.26. The van der Waals surface area contributed by atoms with Crippen LogP contribution in [0.1, 0.15) is 18.4 Å². The summed E-state index contributed by atoms with van der Waals surface area (Å²) in [6.45, 7) is 1.97. The second-order valence-electron chi connectivity index (χ2n) is 4.93. The summed E-state index contributed by atoms with van der Waals surface area (Å²) in [5.41, 5.74) is 4.29.